The highest BCUT2D eigenvalue weighted by Crippen LogP contribution is 2.41. The van der Waals surface area contributed by atoms with Crippen molar-refractivity contribution in [2.75, 3.05) is 74.3 Å². The molecule has 3 unspecified atom stereocenters. The van der Waals surface area contributed by atoms with Crippen LogP contribution in [0.2, 0.25) is 0 Å². The average Bonchev–Trinajstić information content (AvgIpc) is 4.12. The highest BCUT2D eigenvalue weighted by molar-refractivity contribution is 8.15. The number of benzene rings is 4. The first-order valence-corrected chi connectivity index (χ1v) is 24.1. The van der Waals surface area contributed by atoms with Gasteiger partial charge in [0, 0.05) is 67.5 Å². The van der Waals surface area contributed by atoms with Gasteiger partial charge in [0.05, 0.1) is 24.4 Å². The van der Waals surface area contributed by atoms with Crippen LogP contribution in [0.15, 0.2) is 104 Å². The van der Waals surface area contributed by atoms with E-state index in [1.165, 1.54) is 29.5 Å². The van der Waals surface area contributed by atoms with Gasteiger partial charge in [-0.3, -0.25) is 24.7 Å². The van der Waals surface area contributed by atoms with Gasteiger partial charge in [0.25, 0.3) is 5.24 Å². The fraction of sp³-hybridized carbons (Fsp3) is 0.420. The van der Waals surface area contributed by atoms with E-state index < -0.39 is 34.4 Å². The van der Waals surface area contributed by atoms with Crippen LogP contribution in [0.25, 0.3) is 0 Å². The maximum atomic E-state index is 15.0. The SMILES string of the molecule is CC(C)N1C(=O)N(c2ccc(N3CCN(c4ccc(OC[C@H]5OC[C@](Cn6cncn6)(c6ccc(F)cc6F)O5)cc4)CC3)cc2)C(C)C1(C)N(C)CCOc1ccc(CC2SC(=O)NC2=O)cc1. The van der Waals surface area contributed by atoms with E-state index in [4.69, 9.17) is 18.9 Å². The normalized spacial score (nSPS) is 24.0. The van der Waals surface area contributed by atoms with E-state index in [0.717, 1.165) is 66.6 Å². The number of nitrogens with zero attached hydrogens (tertiary/aromatic N) is 8. The number of nitrogens with one attached hydrogen (secondary N) is 1. The molecule has 364 valence electrons. The van der Waals surface area contributed by atoms with Crippen molar-refractivity contribution in [2.45, 2.75) is 75.5 Å². The molecule has 4 amide bonds. The van der Waals surface area contributed by atoms with Crippen molar-refractivity contribution in [3.05, 3.63) is 126 Å². The maximum Gasteiger partial charge on any atom is 0.326 e. The van der Waals surface area contributed by atoms with Crippen LogP contribution in [0.3, 0.4) is 0 Å². The molecule has 0 bridgehead atoms. The Morgan fingerprint density at radius 2 is 1.52 bits per heavy atom. The Hall–Kier alpha value is -6.28. The van der Waals surface area contributed by atoms with Crippen LogP contribution < -0.4 is 29.5 Å². The Morgan fingerprint density at radius 1 is 0.884 bits per heavy atom. The number of ether oxygens (including phenoxy) is 4. The van der Waals surface area contributed by atoms with Crippen molar-refractivity contribution in [3.63, 3.8) is 0 Å². The quantitative estimate of drug-likeness (QED) is 0.103. The van der Waals surface area contributed by atoms with Crippen molar-refractivity contribution in [1.82, 2.24) is 29.9 Å². The summed E-state index contributed by atoms with van der Waals surface area (Å²) in [6, 6.07) is 26.9. The minimum absolute atomic E-state index is 0.0132. The second kappa shape index (κ2) is 20.0. The minimum Gasteiger partial charge on any atom is -0.492 e. The van der Waals surface area contributed by atoms with Gasteiger partial charge in [-0.15, -0.1) is 0 Å². The number of halogens is 2. The lowest BCUT2D eigenvalue weighted by Crippen LogP contribution is -2.62. The summed E-state index contributed by atoms with van der Waals surface area (Å²) in [5.41, 5.74) is 2.23. The number of hydrogen-bond donors (Lipinski definition) is 1. The Balaban J connectivity index is 0.757. The monoisotopic (exact) mass is 965 g/mol. The molecule has 4 aliphatic rings. The summed E-state index contributed by atoms with van der Waals surface area (Å²) in [5, 5.41) is 5.76. The predicted molar refractivity (Wildman–Crippen MR) is 258 cm³/mol. The molecule has 1 N–H and O–H groups in total. The van der Waals surface area contributed by atoms with Crippen LogP contribution in [0.5, 0.6) is 11.5 Å². The molecule has 4 saturated heterocycles. The topological polar surface area (TPSA) is 147 Å². The van der Waals surface area contributed by atoms with Gasteiger partial charge in [-0.2, -0.15) is 5.10 Å². The van der Waals surface area contributed by atoms with Gasteiger partial charge < -0.3 is 33.6 Å². The molecular formula is C50H57F2N9O7S. The minimum atomic E-state index is -1.26. The molecule has 0 spiro atoms. The zero-order chi connectivity index (χ0) is 48.5. The number of carbonyl (C=O) groups is 3. The van der Waals surface area contributed by atoms with Gasteiger partial charge in [0.2, 0.25) is 5.91 Å². The molecule has 4 aliphatic heterocycles. The molecular weight excluding hydrogens is 909 g/mol. The second-order valence-corrected chi connectivity index (χ2v) is 19.4. The molecule has 19 heteroatoms. The van der Waals surface area contributed by atoms with Gasteiger partial charge >= 0.3 is 6.03 Å². The number of urea groups is 1. The number of amides is 4. The molecule has 4 fully saturated rings. The van der Waals surface area contributed by atoms with Crippen molar-refractivity contribution in [3.8, 4) is 11.5 Å². The summed E-state index contributed by atoms with van der Waals surface area (Å²) in [6.45, 7) is 12.7. The summed E-state index contributed by atoms with van der Waals surface area (Å²) in [6.07, 6.45) is 2.54. The third kappa shape index (κ3) is 9.95. The molecule has 9 rings (SSSR count). The zero-order valence-corrected chi connectivity index (χ0v) is 40.1. The number of thioether (sulfide) groups is 1. The highest BCUT2D eigenvalue weighted by Gasteiger charge is 2.56. The van der Waals surface area contributed by atoms with E-state index in [1.54, 1.807) is 0 Å². The van der Waals surface area contributed by atoms with E-state index in [2.05, 4.69) is 56.1 Å². The predicted octanol–water partition coefficient (Wildman–Crippen LogP) is 6.89. The summed E-state index contributed by atoms with van der Waals surface area (Å²) < 4.78 is 54.8. The van der Waals surface area contributed by atoms with Crippen LogP contribution in [0.4, 0.5) is 35.4 Å². The number of piperazine rings is 1. The number of likely N-dealkylation sites (N-methyl/N-ethyl adjacent to an activating group) is 1. The third-order valence-corrected chi connectivity index (χ3v) is 14.7. The molecule has 16 nitrogen and oxygen atoms in total. The van der Waals surface area contributed by atoms with E-state index in [0.29, 0.717) is 31.1 Å². The van der Waals surface area contributed by atoms with Crippen molar-refractivity contribution >= 4 is 46.0 Å². The van der Waals surface area contributed by atoms with Gasteiger partial charge in [0.15, 0.2) is 6.29 Å². The highest BCUT2D eigenvalue weighted by atomic mass is 32.2. The van der Waals surface area contributed by atoms with Gasteiger partial charge in [-0.1, -0.05) is 30.0 Å². The Morgan fingerprint density at radius 3 is 2.13 bits per heavy atom. The lowest BCUT2D eigenvalue weighted by Gasteiger charge is -2.45. The largest absolute Gasteiger partial charge is 0.492 e. The van der Waals surface area contributed by atoms with Crippen LogP contribution in [0, 0.1) is 11.6 Å². The second-order valence-electron chi connectivity index (χ2n) is 18.3. The Bertz CT molecular complexity index is 2600. The Labute approximate surface area is 404 Å². The van der Waals surface area contributed by atoms with Crippen LogP contribution >= 0.6 is 11.8 Å². The zero-order valence-electron chi connectivity index (χ0n) is 39.3. The van der Waals surface area contributed by atoms with E-state index in [9.17, 15) is 18.8 Å². The number of rotatable bonds is 17. The van der Waals surface area contributed by atoms with Gasteiger partial charge in [0.1, 0.15) is 60.3 Å². The first-order valence-electron chi connectivity index (χ1n) is 23.2. The molecule has 4 aromatic carbocycles. The smallest absolute Gasteiger partial charge is 0.326 e. The number of hydrogen-bond acceptors (Lipinski definition) is 13. The summed E-state index contributed by atoms with van der Waals surface area (Å²) >= 11 is 1.02. The molecule has 1 aromatic heterocycles. The molecule has 0 radical (unpaired) electrons. The van der Waals surface area contributed by atoms with Crippen molar-refractivity contribution < 1.29 is 42.1 Å². The molecule has 5 aromatic rings. The molecule has 5 atom stereocenters. The molecule has 69 heavy (non-hydrogen) atoms. The summed E-state index contributed by atoms with van der Waals surface area (Å²) in [5.74, 6) is -0.339. The van der Waals surface area contributed by atoms with E-state index in [1.807, 2.05) is 91.4 Å². The lowest BCUT2D eigenvalue weighted by molar-refractivity contribution is -0.119. The maximum absolute atomic E-state index is 15.0. The standard InChI is InChI=1S/C50H57F2N9O7S/c1-33(2)61-48(64)60(34(3)49(61,4)56(5)24-25-65-40-15-6-35(7-16-40)26-44-46(62)55-47(63)69-44)39-11-9-37(10-12-39)57-20-22-58(23-21-57)38-13-17-41(18-14-38)66-28-45-67-30-50(68-45,29-59-32-53-31-54-59)42-19-8-36(51)27-43(42)52/h6-19,27,31-34,44-45H,20-26,28-30H2,1-5H3,(H,55,62,63)/t34?,44?,45-,49?,50+/m0/s1. The van der Waals surface area contributed by atoms with Crippen molar-refractivity contribution in [1.29, 1.82) is 0 Å². The first-order chi connectivity index (χ1) is 33.2. The Kier molecular flexibility index (Phi) is 13.8. The lowest BCUT2D eigenvalue weighted by atomic mass is 9.94. The molecule has 5 heterocycles. The van der Waals surface area contributed by atoms with E-state index >= 15 is 4.39 Å². The first kappa shape index (κ1) is 47.8. The van der Waals surface area contributed by atoms with Crippen LogP contribution in [-0.2, 0) is 32.8 Å². The van der Waals surface area contributed by atoms with Gasteiger partial charge in [-0.25, -0.2) is 23.2 Å². The number of imide groups is 1. The summed E-state index contributed by atoms with van der Waals surface area (Å²) in [7, 11) is 2.03. The van der Waals surface area contributed by atoms with Gasteiger partial charge in [-0.05, 0) is 113 Å². The summed E-state index contributed by atoms with van der Waals surface area (Å²) in [4.78, 5) is 52.6. The van der Waals surface area contributed by atoms with Crippen molar-refractivity contribution in [2.24, 2.45) is 0 Å². The fourth-order valence-electron chi connectivity index (χ4n) is 9.83. The molecule has 0 aliphatic carbocycles. The fourth-order valence-corrected chi connectivity index (χ4v) is 10.7. The third-order valence-electron chi connectivity index (χ3n) is 13.7. The average molecular weight is 966 g/mol. The number of aromatic nitrogens is 3. The number of carbonyl (C=O) groups excluding carboxylic acids is 3. The van der Waals surface area contributed by atoms with Crippen LogP contribution in [-0.4, -0.2) is 131 Å². The van der Waals surface area contributed by atoms with Crippen LogP contribution in [0.1, 0.15) is 38.8 Å². The molecule has 0 saturated carbocycles. The van der Waals surface area contributed by atoms with E-state index in [-0.39, 0.29) is 54.6 Å². The number of anilines is 3.